The summed E-state index contributed by atoms with van der Waals surface area (Å²) in [5.74, 6) is 0.411. The highest BCUT2D eigenvalue weighted by atomic mass is 32.1. The third-order valence-electron chi connectivity index (χ3n) is 3.99. The minimum atomic E-state index is -0.440. The Balaban J connectivity index is 1.61. The smallest absolute Gasteiger partial charge is 0.257 e. The molecule has 0 saturated carbocycles. The Morgan fingerprint density at radius 1 is 1.19 bits per heavy atom. The molecule has 0 unspecified atom stereocenters. The lowest BCUT2D eigenvalue weighted by atomic mass is 10.1. The van der Waals surface area contributed by atoms with Crippen molar-refractivity contribution in [1.29, 1.82) is 0 Å². The minimum Gasteiger partial charge on any atom is -0.497 e. The van der Waals surface area contributed by atoms with Gasteiger partial charge in [-0.2, -0.15) is 4.52 Å². The van der Waals surface area contributed by atoms with Crippen molar-refractivity contribution in [3.05, 3.63) is 59.4 Å². The highest BCUT2D eigenvalue weighted by molar-refractivity contribution is 7.20. The molecule has 4 rings (SSSR count). The average Bonchev–Trinajstić information content (AvgIpc) is 3.24. The molecule has 9 heteroatoms. The summed E-state index contributed by atoms with van der Waals surface area (Å²) in [6.45, 7) is 1.64. The number of nitrogens with one attached hydrogen (secondary N) is 1. The summed E-state index contributed by atoms with van der Waals surface area (Å²) < 4.78 is 20.4. The van der Waals surface area contributed by atoms with Crippen LogP contribution >= 0.6 is 11.3 Å². The molecule has 0 spiro atoms. The number of ether oxygens (including phenoxy) is 1. The number of nitrogens with zero attached hydrogens (tertiary/aromatic N) is 4. The normalized spacial score (nSPS) is 10.9. The average molecular weight is 383 g/mol. The first-order valence-electron chi connectivity index (χ1n) is 7.99. The number of methoxy groups -OCH3 is 1. The zero-order valence-corrected chi connectivity index (χ0v) is 15.2. The van der Waals surface area contributed by atoms with Crippen molar-refractivity contribution in [2.24, 2.45) is 0 Å². The number of hydrogen-bond acceptors (Lipinski definition) is 6. The molecular weight excluding hydrogens is 369 g/mol. The first-order chi connectivity index (χ1) is 13.0. The van der Waals surface area contributed by atoms with Gasteiger partial charge in [0.2, 0.25) is 10.1 Å². The standard InChI is InChI=1S/C18H14FN5O2S/c1-10-3-4-12(9-14(10)19)16(25)20-17-23-24-15(21-22-18(24)27-17)11-5-7-13(26-2)8-6-11/h3-9H,1-2H3,(H,20,23,25). The van der Waals surface area contributed by atoms with E-state index < -0.39 is 11.7 Å². The number of halogens is 1. The Morgan fingerprint density at radius 2 is 1.96 bits per heavy atom. The van der Waals surface area contributed by atoms with Crippen molar-refractivity contribution in [2.45, 2.75) is 6.92 Å². The second-order valence-electron chi connectivity index (χ2n) is 5.77. The van der Waals surface area contributed by atoms with Crippen LogP contribution in [0.15, 0.2) is 42.5 Å². The monoisotopic (exact) mass is 383 g/mol. The van der Waals surface area contributed by atoms with Crippen molar-refractivity contribution in [1.82, 2.24) is 19.8 Å². The molecule has 0 fully saturated rings. The second-order valence-corrected chi connectivity index (χ2v) is 6.73. The number of hydrogen-bond donors (Lipinski definition) is 1. The molecule has 1 N–H and O–H groups in total. The summed E-state index contributed by atoms with van der Waals surface area (Å²) in [4.78, 5) is 12.9. The molecule has 0 atom stereocenters. The van der Waals surface area contributed by atoms with Crippen LogP contribution in [0.3, 0.4) is 0 Å². The van der Waals surface area contributed by atoms with Gasteiger partial charge >= 0.3 is 0 Å². The van der Waals surface area contributed by atoms with Gasteiger partial charge in [-0.05, 0) is 48.9 Å². The fourth-order valence-corrected chi connectivity index (χ4v) is 3.23. The summed E-state index contributed by atoms with van der Waals surface area (Å²) in [6.07, 6.45) is 0. The van der Waals surface area contributed by atoms with Gasteiger partial charge in [-0.15, -0.1) is 15.3 Å². The summed E-state index contributed by atoms with van der Waals surface area (Å²) in [6, 6.07) is 11.7. The summed E-state index contributed by atoms with van der Waals surface area (Å²) in [5, 5.41) is 15.6. The number of carbonyl (C=O) groups is 1. The number of amides is 1. The van der Waals surface area contributed by atoms with Crippen LogP contribution in [0.5, 0.6) is 5.75 Å². The quantitative estimate of drug-likeness (QED) is 0.583. The maximum absolute atomic E-state index is 13.7. The van der Waals surface area contributed by atoms with Crippen molar-refractivity contribution in [3.63, 3.8) is 0 Å². The minimum absolute atomic E-state index is 0.222. The van der Waals surface area contributed by atoms with Crippen LogP contribution in [-0.4, -0.2) is 32.8 Å². The molecule has 1 amide bonds. The summed E-state index contributed by atoms with van der Waals surface area (Å²) in [5.41, 5.74) is 1.51. The molecule has 0 bridgehead atoms. The van der Waals surface area contributed by atoms with Crippen LogP contribution in [0.1, 0.15) is 15.9 Å². The molecule has 0 aliphatic rings. The third-order valence-corrected chi connectivity index (χ3v) is 4.81. The van der Waals surface area contributed by atoms with Crippen molar-refractivity contribution >= 4 is 27.3 Å². The number of aromatic nitrogens is 4. The van der Waals surface area contributed by atoms with Crippen LogP contribution < -0.4 is 10.1 Å². The third kappa shape index (κ3) is 3.24. The van der Waals surface area contributed by atoms with E-state index in [-0.39, 0.29) is 5.56 Å². The van der Waals surface area contributed by atoms with Gasteiger partial charge in [-0.25, -0.2) is 4.39 Å². The SMILES string of the molecule is COc1ccc(-c2nnc3sc(NC(=O)c4ccc(C)c(F)c4)nn23)cc1. The predicted octanol–water partition coefficient (Wildman–Crippen LogP) is 3.56. The first-order valence-corrected chi connectivity index (χ1v) is 8.81. The molecule has 27 heavy (non-hydrogen) atoms. The van der Waals surface area contributed by atoms with Crippen molar-refractivity contribution < 1.29 is 13.9 Å². The van der Waals surface area contributed by atoms with E-state index >= 15 is 0 Å². The van der Waals surface area contributed by atoms with Crippen LogP contribution in [0.25, 0.3) is 16.3 Å². The molecule has 2 aromatic carbocycles. The molecule has 2 aromatic heterocycles. The second kappa shape index (κ2) is 6.76. The van der Waals surface area contributed by atoms with Crippen LogP contribution in [0.2, 0.25) is 0 Å². The number of benzene rings is 2. The maximum atomic E-state index is 13.7. The Morgan fingerprint density at radius 3 is 2.67 bits per heavy atom. The summed E-state index contributed by atoms with van der Waals surface area (Å²) in [7, 11) is 1.60. The van der Waals surface area contributed by atoms with E-state index in [9.17, 15) is 9.18 Å². The first kappa shape index (κ1) is 17.1. The van der Waals surface area contributed by atoms with Crippen LogP contribution in [-0.2, 0) is 0 Å². The topological polar surface area (TPSA) is 81.4 Å². The van der Waals surface area contributed by atoms with Gasteiger partial charge in [0.25, 0.3) is 5.91 Å². The zero-order valence-electron chi connectivity index (χ0n) is 14.4. The zero-order chi connectivity index (χ0) is 19.0. The lowest BCUT2D eigenvalue weighted by Gasteiger charge is -2.03. The van der Waals surface area contributed by atoms with E-state index in [1.165, 1.54) is 17.4 Å². The Kier molecular flexibility index (Phi) is 4.28. The molecule has 4 aromatic rings. The van der Waals surface area contributed by atoms with Gasteiger partial charge in [0.15, 0.2) is 5.82 Å². The Bertz CT molecular complexity index is 1140. The van der Waals surface area contributed by atoms with Gasteiger partial charge in [-0.3, -0.25) is 10.1 Å². The molecule has 0 aliphatic carbocycles. The molecular formula is C18H14FN5O2S. The fourth-order valence-electron chi connectivity index (χ4n) is 2.49. The Labute approximate surface area is 157 Å². The van der Waals surface area contributed by atoms with E-state index in [0.29, 0.717) is 21.5 Å². The maximum Gasteiger partial charge on any atom is 0.257 e. The molecule has 0 aliphatic heterocycles. The van der Waals surface area contributed by atoms with Crippen molar-refractivity contribution in [3.8, 4) is 17.1 Å². The van der Waals surface area contributed by atoms with Crippen LogP contribution in [0, 0.1) is 12.7 Å². The van der Waals surface area contributed by atoms with Gasteiger partial charge in [0, 0.05) is 11.1 Å². The van der Waals surface area contributed by atoms with E-state index in [1.807, 2.05) is 24.3 Å². The highest BCUT2D eigenvalue weighted by Crippen LogP contribution is 2.25. The number of carbonyl (C=O) groups excluding carboxylic acids is 1. The highest BCUT2D eigenvalue weighted by Gasteiger charge is 2.16. The number of anilines is 1. The number of fused-ring (bicyclic) bond motifs is 1. The van der Waals surface area contributed by atoms with E-state index in [0.717, 1.165) is 11.3 Å². The van der Waals surface area contributed by atoms with Gasteiger partial charge in [0.1, 0.15) is 11.6 Å². The molecule has 136 valence electrons. The lowest BCUT2D eigenvalue weighted by molar-refractivity contribution is 0.102. The van der Waals surface area contributed by atoms with E-state index in [4.69, 9.17) is 4.74 Å². The van der Waals surface area contributed by atoms with E-state index in [2.05, 4.69) is 20.6 Å². The molecule has 2 heterocycles. The fraction of sp³-hybridized carbons (Fsp3) is 0.111. The molecule has 0 saturated heterocycles. The van der Waals surface area contributed by atoms with E-state index in [1.54, 1.807) is 30.7 Å². The Hall–Kier alpha value is -3.33. The van der Waals surface area contributed by atoms with Gasteiger partial charge < -0.3 is 4.74 Å². The summed E-state index contributed by atoms with van der Waals surface area (Å²) >= 11 is 1.18. The molecule has 7 nitrogen and oxygen atoms in total. The van der Waals surface area contributed by atoms with Crippen molar-refractivity contribution in [2.75, 3.05) is 12.4 Å². The number of rotatable bonds is 4. The van der Waals surface area contributed by atoms with Gasteiger partial charge in [-0.1, -0.05) is 17.4 Å². The largest absolute Gasteiger partial charge is 0.497 e. The van der Waals surface area contributed by atoms with Gasteiger partial charge in [0.05, 0.1) is 7.11 Å². The predicted molar refractivity (Wildman–Crippen MR) is 99.7 cm³/mol. The molecule has 0 radical (unpaired) electrons. The van der Waals surface area contributed by atoms with Crippen LogP contribution in [0.4, 0.5) is 9.52 Å². The number of aryl methyl sites for hydroxylation is 1. The lowest BCUT2D eigenvalue weighted by Crippen LogP contribution is -2.12.